The summed E-state index contributed by atoms with van der Waals surface area (Å²) < 4.78 is 5.24. The van der Waals surface area contributed by atoms with Crippen LogP contribution in [0.3, 0.4) is 0 Å². The summed E-state index contributed by atoms with van der Waals surface area (Å²) in [5, 5.41) is 3.30. The molecule has 2 unspecified atom stereocenters. The van der Waals surface area contributed by atoms with Crippen molar-refractivity contribution in [1.29, 1.82) is 0 Å². The van der Waals surface area contributed by atoms with E-state index >= 15 is 0 Å². The first-order chi connectivity index (χ1) is 13.7. The largest absolute Gasteiger partial charge is 0.497 e. The van der Waals surface area contributed by atoms with Crippen molar-refractivity contribution in [2.24, 2.45) is 5.92 Å². The van der Waals surface area contributed by atoms with Gasteiger partial charge in [0.05, 0.1) is 7.11 Å². The highest BCUT2D eigenvalue weighted by molar-refractivity contribution is 5.92. The Morgan fingerprint density at radius 2 is 2.14 bits per heavy atom. The standard InChI is InChI=1S/C23H27N3O2/c1-28-20-6-2-4-17(14-20)7-8-22(27)25-23-19-9-12-26(13-10-19)21(23)15-18-5-3-11-24-16-18/h2-8,11,14,16,19,21,23H,9-10,12-13,15H2,1H3,(H,25,27)/b8-7+. The minimum atomic E-state index is -0.0299. The van der Waals surface area contributed by atoms with Gasteiger partial charge in [-0.25, -0.2) is 0 Å². The molecule has 5 rings (SSSR count). The maximum Gasteiger partial charge on any atom is 0.244 e. The number of hydrogen-bond donors (Lipinski definition) is 1. The number of nitrogens with zero attached hydrogens (tertiary/aromatic N) is 2. The Kier molecular flexibility index (Phi) is 5.72. The van der Waals surface area contributed by atoms with Crippen molar-refractivity contribution in [3.05, 3.63) is 66.0 Å². The lowest BCUT2D eigenvalue weighted by Gasteiger charge is -2.51. The highest BCUT2D eigenvalue weighted by Gasteiger charge is 2.42. The molecular weight excluding hydrogens is 350 g/mol. The van der Waals surface area contributed by atoms with Crippen LogP contribution in [0.25, 0.3) is 6.08 Å². The number of aromatic nitrogens is 1. The minimum Gasteiger partial charge on any atom is -0.497 e. The number of ether oxygens (including phenoxy) is 1. The van der Waals surface area contributed by atoms with Gasteiger partial charge in [-0.1, -0.05) is 18.2 Å². The number of fused-ring (bicyclic) bond motifs is 3. The lowest BCUT2D eigenvalue weighted by atomic mass is 9.77. The van der Waals surface area contributed by atoms with Crippen molar-refractivity contribution in [3.63, 3.8) is 0 Å². The van der Waals surface area contributed by atoms with Gasteiger partial charge in [-0.3, -0.25) is 14.7 Å². The van der Waals surface area contributed by atoms with Gasteiger partial charge in [0.15, 0.2) is 0 Å². The van der Waals surface area contributed by atoms with Crippen molar-refractivity contribution >= 4 is 12.0 Å². The maximum absolute atomic E-state index is 12.7. The van der Waals surface area contributed by atoms with Gasteiger partial charge in [0.25, 0.3) is 0 Å². The fourth-order valence-electron chi connectivity index (χ4n) is 4.51. The first-order valence-corrected chi connectivity index (χ1v) is 9.98. The minimum absolute atomic E-state index is 0.0299. The molecule has 3 aliphatic rings. The number of methoxy groups -OCH3 is 1. The molecule has 2 bridgehead atoms. The van der Waals surface area contributed by atoms with Crippen LogP contribution in [-0.4, -0.2) is 48.1 Å². The molecule has 0 saturated carbocycles. The van der Waals surface area contributed by atoms with E-state index in [1.807, 2.05) is 42.6 Å². The molecule has 3 aliphatic heterocycles. The number of carbonyl (C=O) groups excluding carboxylic acids is 1. The molecule has 28 heavy (non-hydrogen) atoms. The predicted octanol–water partition coefficient (Wildman–Crippen LogP) is 2.93. The Hall–Kier alpha value is -2.66. The smallest absolute Gasteiger partial charge is 0.244 e. The van der Waals surface area contributed by atoms with Crippen LogP contribution < -0.4 is 10.1 Å². The molecule has 2 aromatic rings. The summed E-state index contributed by atoms with van der Waals surface area (Å²) >= 11 is 0. The van der Waals surface area contributed by atoms with Crippen LogP contribution in [0, 0.1) is 5.92 Å². The first-order valence-electron chi connectivity index (χ1n) is 9.98. The first kappa shape index (κ1) is 18.7. The number of benzene rings is 1. The highest BCUT2D eigenvalue weighted by atomic mass is 16.5. The molecule has 3 saturated heterocycles. The maximum atomic E-state index is 12.7. The van der Waals surface area contributed by atoms with E-state index in [0.717, 1.165) is 43.7 Å². The second kappa shape index (κ2) is 8.57. The number of carbonyl (C=O) groups is 1. The fourth-order valence-corrected chi connectivity index (χ4v) is 4.51. The molecule has 1 N–H and O–H groups in total. The lowest BCUT2D eigenvalue weighted by Crippen LogP contribution is -2.64. The van der Waals surface area contributed by atoms with Gasteiger partial charge in [0.1, 0.15) is 5.75 Å². The summed E-state index contributed by atoms with van der Waals surface area (Å²) in [6, 6.07) is 12.3. The topological polar surface area (TPSA) is 54.5 Å². The molecule has 5 heteroatoms. The van der Waals surface area contributed by atoms with E-state index in [2.05, 4.69) is 21.3 Å². The highest BCUT2D eigenvalue weighted by Crippen LogP contribution is 2.34. The van der Waals surface area contributed by atoms with Crippen molar-refractivity contribution in [2.75, 3.05) is 20.2 Å². The van der Waals surface area contributed by atoms with Crippen LogP contribution in [0.4, 0.5) is 0 Å². The van der Waals surface area contributed by atoms with E-state index < -0.39 is 0 Å². The number of piperidine rings is 3. The zero-order valence-electron chi connectivity index (χ0n) is 16.3. The average Bonchev–Trinajstić information content (AvgIpc) is 2.75. The van der Waals surface area contributed by atoms with Crippen LogP contribution in [0.5, 0.6) is 5.75 Å². The third kappa shape index (κ3) is 4.25. The third-order valence-electron chi connectivity index (χ3n) is 5.96. The second-order valence-electron chi connectivity index (χ2n) is 7.65. The molecular formula is C23H27N3O2. The van der Waals surface area contributed by atoms with Crippen molar-refractivity contribution < 1.29 is 9.53 Å². The van der Waals surface area contributed by atoms with Crippen molar-refractivity contribution in [3.8, 4) is 5.75 Å². The van der Waals surface area contributed by atoms with E-state index in [0.29, 0.717) is 12.0 Å². The number of pyridine rings is 1. The predicted molar refractivity (Wildman–Crippen MR) is 110 cm³/mol. The zero-order valence-corrected chi connectivity index (χ0v) is 16.3. The number of hydrogen-bond acceptors (Lipinski definition) is 4. The Labute approximate surface area is 166 Å². The fraction of sp³-hybridized carbons (Fsp3) is 0.391. The summed E-state index contributed by atoms with van der Waals surface area (Å²) in [5.41, 5.74) is 2.18. The Bertz CT molecular complexity index is 829. The van der Waals surface area contributed by atoms with Crippen molar-refractivity contribution in [2.45, 2.75) is 31.3 Å². The Balaban J connectivity index is 1.45. The molecule has 1 amide bonds. The van der Waals surface area contributed by atoms with Crippen LogP contribution >= 0.6 is 0 Å². The van der Waals surface area contributed by atoms with E-state index in [4.69, 9.17) is 4.74 Å². The number of nitrogens with one attached hydrogen (secondary N) is 1. The summed E-state index contributed by atoms with van der Waals surface area (Å²) in [7, 11) is 1.64. The quantitative estimate of drug-likeness (QED) is 0.787. The average molecular weight is 377 g/mol. The van der Waals surface area contributed by atoms with Crippen LogP contribution in [-0.2, 0) is 11.2 Å². The third-order valence-corrected chi connectivity index (χ3v) is 5.96. The molecule has 0 spiro atoms. The van der Waals surface area contributed by atoms with Gasteiger partial charge >= 0.3 is 0 Å². The van der Waals surface area contributed by atoms with Crippen molar-refractivity contribution in [1.82, 2.24) is 15.2 Å². The Morgan fingerprint density at radius 3 is 2.89 bits per heavy atom. The molecule has 4 heterocycles. The molecule has 2 atom stereocenters. The summed E-state index contributed by atoms with van der Waals surface area (Å²) in [4.78, 5) is 19.4. The molecule has 0 aliphatic carbocycles. The summed E-state index contributed by atoms with van der Waals surface area (Å²) in [5.74, 6) is 1.31. The summed E-state index contributed by atoms with van der Waals surface area (Å²) in [6.45, 7) is 2.25. The van der Waals surface area contributed by atoms with E-state index in [1.165, 1.54) is 5.56 Å². The monoisotopic (exact) mass is 377 g/mol. The Morgan fingerprint density at radius 1 is 1.29 bits per heavy atom. The van der Waals surface area contributed by atoms with Gasteiger partial charge in [-0.05, 0) is 73.7 Å². The molecule has 3 fully saturated rings. The molecule has 1 aromatic carbocycles. The van der Waals surface area contributed by atoms with Gasteiger partial charge in [-0.15, -0.1) is 0 Å². The SMILES string of the molecule is COc1cccc(/C=C/C(=O)NC2C3CCN(CC3)C2Cc2cccnc2)c1. The molecule has 1 aromatic heterocycles. The number of rotatable bonds is 6. The van der Waals surface area contributed by atoms with Gasteiger partial charge in [0, 0.05) is 30.6 Å². The van der Waals surface area contributed by atoms with Gasteiger partial charge in [0.2, 0.25) is 5.91 Å². The molecule has 5 nitrogen and oxygen atoms in total. The zero-order chi connectivity index (χ0) is 19.3. The van der Waals surface area contributed by atoms with Crippen LogP contribution in [0.2, 0.25) is 0 Å². The normalized spacial score (nSPS) is 26.3. The van der Waals surface area contributed by atoms with E-state index in [1.54, 1.807) is 19.4 Å². The van der Waals surface area contributed by atoms with E-state index in [9.17, 15) is 4.79 Å². The molecule has 146 valence electrons. The summed E-state index contributed by atoms with van der Waals surface area (Å²) in [6.07, 6.45) is 10.5. The molecule has 0 radical (unpaired) electrons. The van der Waals surface area contributed by atoms with Gasteiger partial charge in [-0.2, -0.15) is 0 Å². The van der Waals surface area contributed by atoms with Crippen LogP contribution in [0.1, 0.15) is 24.0 Å². The lowest BCUT2D eigenvalue weighted by molar-refractivity contribution is -0.119. The second-order valence-corrected chi connectivity index (χ2v) is 7.65. The van der Waals surface area contributed by atoms with Gasteiger partial charge < -0.3 is 10.1 Å². The number of amides is 1. The van der Waals surface area contributed by atoms with Crippen LogP contribution in [0.15, 0.2) is 54.9 Å². The van der Waals surface area contributed by atoms with E-state index in [-0.39, 0.29) is 11.9 Å².